The van der Waals surface area contributed by atoms with E-state index in [0.29, 0.717) is 35.0 Å². The fourth-order valence-electron chi connectivity index (χ4n) is 2.73. The summed E-state index contributed by atoms with van der Waals surface area (Å²) in [5.74, 6) is 0.158. The molecule has 0 saturated heterocycles. The Morgan fingerprint density at radius 3 is 2.32 bits per heavy atom. The van der Waals surface area contributed by atoms with Gasteiger partial charge >= 0.3 is 5.97 Å². The molecule has 1 N–H and O–H groups in total. The van der Waals surface area contributed by atoms with Gasteiger partial charge in [-0.2, -0.15) is 5.10 Å². The van der Waals surface area contributed by atoms with Crippen molar-refractivity contribution in [3.63, 3.8) is 0 Å². The maximum absolute atomic E-state index is 12.9. The highest BCUT2D eigenvalue weighted by Crippen LogP contribution is 2.29. The number of carbonyl (C=O) groups excluding carboxylic acids is 2. The summed E-state index contributed by atoms with van der Waals surface area (Å²) < 4.78 is 34.3. The van der Waals surface area contributed by atoms with Crippen LogP contribution in [-0.4, -0.2) is 38.4 Å². The Bertz CT molecular complexity index is 1150. The van der Waals surface area contributed by atoms with Gasteiger partial charge in [0.25, 0.3) is 5.91 Å². The number of hydrogen-bond donors (Lipinski definition) is 1. The standard InChI is InChI=1S/C25H23FN2O6/c1-3-32-23-14-17(15-27-28-24(29)16-33-21-11-7-19(26)8-12-21)4-13-22(23)34-25(30)18-5-9-20(31-2)10-6-18/h4-15H,3,16H2,1-2H3,(H,28,29)/b27-15-. The van der Waals surface area contributed by atoms with Gasteiger partial charge in [-0.3, -0.25) is 4.79 Å². The third-order valence-electron chi connectivity index (χ3n) is 4.38. The first-order valence-corrected chi connectivity index (χ1v) is 10.3. The number of ether oxygens (including phenoxy) is 4. The van der Waals surface area contributed by atoms with E-state index in [1.165, 1.54) is 30.5 Å². The lowest BCUT2D eigenvalue weighted by atomic mass is 10.2. The highest BCUT2D eigenvalue weighted by atomic mass is 19.1. The van der Waals surface area contributed by atoms with Crippen LogP contribution in [0.15, 0.2) is 71.8 Å². The van der Waals surface area contributed by atoms with E-state index in [-0.39, 0.29) is 12.4 Å². The molecule has 3 aromatic carbocycles. The summed E-state index contributed by atoms with van der Waals surface area (Å²) in [5.41, 5.74) is 3.30. The van der Waals surface area contributed by atoms with E-state index in [9.17, 15) is 14.0 Å². The number of hydrogen-bond acceptors (Lipinski definition) is 7. The normalized spacial score (nSPS) is 10.6. The van der Waals surface area contributed by atoms with Gasteiger partial charge in [-0.25, -0.2) is 14.6 Å². The molecular formula is C25H23FN2O6. The SMILES string of the molecule is CCOc1cc(/C=N\NC(=O)COc2ccc(F)cc2)ccc1OC(=O)c1ccc(OC)cc1. The minimum atomic E-state index is -0.543. The Kier molecular flexibility index (Phi) is 8.56. The minimum Gasteiger partial charge on any atom is -0.497 e. The molecule has 0 aliphatic heterocycles. The summed E-state index contributed by atoms with van der Waals surface area (Å²) in [6.45, 7) is 1.87. The fourth-order valence-corrected chi connectivity index (χ4v) is 2.73. The second-order valence-corrected chi connectivity index (χ2v) is 6.79. The molecule has 0 aliphatic carbocycles. The molecule has 3 rings (SSSR count). The summed E-state index contributed by atoms with van der Waals surface area (Å²) in [6, 6.07) is 16.7. The molecule has 0 unspecified atom stereocenters. The number of rotatable bonds is 10. The highest BCUT2D eigenvalue weighted by molar-refractivity contribution is 5.92. The molecule has 0 fully saturated rings. The number of methoxy groups -OCH3 is 1. The van der Waals surface area contributed by atoms with Gasteiger partial charge in [0.2, 0.25) is 0 Å². The topological polar surface area (TPSA) is 95.5 Å². The monoisotopic (exact) mass is 466 g/mol. The molecule has 0 spiro atoms. The van der Waals surface area contributed by atoms with Crippen LogP contribution in [0.25, 0.3) is 0 Å². The first-order chi connectivity index (χ1) is 16.5. The number of carbonyl (C=O) groups is 2. The summed E-state index contributed by atoms with van der Waals surface area (Å²) in [7, 11) is 1.54. The summed E-state index contributed by atoms with van der Waals surface area (Å²) >= 11 is 0. The molecule has 9 heteroatoms. The van der Waals surface area contributed by atoms with Crippen LogP contribution >= 0.6 is 0 Å². The maximum atomic E-state index is 12.9. The summed E-state index contributed by atoms with van der Waals surface area (Å²) in [4.78, 5) is 24.3. The second-order valence-electron chi connectivity index (χ2n) is 6.79. The lowest BCUT2D eigenvalue weighted by Crippen LogP contribution is -2.24. The van der Waals surface area contributed by atoms with Crippen LogP contribution in [0.1, 0.15) is 22.8 Å². The lowest BCUT2D eigenvalue weighted by molar-refractivity contribution is -0.123. The Morgan fingerprint density at radius 2 is 1.65 bits per heavy atom. The van der Waals surface area contributed by atoms with Crippen molar-refractivity contribution in [2.45, 2.75) is 6.92 Å². The molecule has 0 aliphatic rings. The van der Waals surface area contributed by atoms with E-state index < -0.39 is 17.7 Å². The van der Waals surface area contributed by atoms with E-state index in [1.807, 2.05) is 0 Å². The van der Waals surface area contributed by atoms with Gasteiger partial charge in [-0.15, -0.1) is 0 Å². The van der Waals surface area contributed by atoms with Crippen LogP contribution in [0.4, 0.5) is 4.39 Å². The van der Waals surface area contributed by atoms with E-state index in [4.69, 9.17) is 18.9 Å². The zero-order valence-corrected chi connectivity index (χ0v) is 18.6. The molecule has 0 aromatic heterocycles. The van der Waals surface area contributed by atoms with E-state index >= 15 is 0 Å². The zero-order chi connectivity index (χ0) is 24.3. The molecular weight excluding hydrogens is 443 g/mol. The van der Waals surface area contributed by atoms with Gasteiger partial charge in [0, 0.05) is 0 Å². The van der Waals surface area contributed by atoms with Crippen LogP contribution in [0.5, 0.6) is 23.0 Å². The number of esters is 1. The van der Waals surface area contributed by atoms with Crippen LogP contribution < -0.4 is 24.4 Å². The number of nitrogens with zero attached hydrogens (tertiary/aromatic N) is 1. The molecule has 0 radical (unpaired) electrons. The van der Waals surface area contributed by atoms with Crippen molar-refractivity contribution in [2.75, 3.05) is 20.3 Å². The van der Waals surface area contributed by atoms with Crippen molar-refractivity contribution in [3.8, 4) is 23.0 Å². The van der Waals surface area contributed by atoms with E-state index in [1.54, 1.807) is 56.5 Å². The van der Waals surface area contributed by atoms with Gasteiger partial charge in [0.15, 0.2) is 18.1 Å². The first-order valence-electron chi connectivity index (χ1n) is 10.3. The van der Waals surface area contributed by atoms with Crippen molar-refractivity contribution < 1.29 is 32.9 Å². The highest BCUT2D eigenvalue weighted by Gasteiger charge is 2.13. The largest absolute Gasteiger partial charge is 0.497 e. The average Bonchev–Trinajstić information content (AvgIpc) is 2.85. The Hall–Kier alpha value is -4.40. The van der Waals surface area contributed by atoms with Crippen molar-refractivity contribution in [2.24, 2.45) is 5.10 Å². The van der Waals surface area contributed by atoms with Crippen molar-refractivity contribution in [1.82, 2.24) is 5.43 Å². The number of halogens is 1. The molecule has 0 bridgehead atoms. The van der Waals surface area contributed by atoms with Crippen LogP contribution in [0.3, 0.4) is 0 Å². The first kappa shape index (κ1) is 24.2. The second kappa shape index (κ2) is 12.0. The molecule has 1 amide bonds. The van der Waals surface area contributed by atoms with Gasteiger partial charge in [0.1, 0.15) is 17.3 Å². The molecule has 3 aromatic rings. The molecule has 8 nitrogen and oxygen atoms in total. The average molecular weight is 466 g/mol. The molecule has 0 atom stereocenters. The zero-order valence-electron chi connectivity index (χ0n) is 18.6. The third kappa shape index (κ3) is 7.06. The smallest absolute Gasteiger partial charge is 0.343 e. The van der Waals surface area contributed by atoms with E-state index in [0.717, 1.165) is 0 Å². The van der Waals surface area contributed by atoms with Crippen LogP contribution in [0, 0.1) is 5.82 Å². The number of amides is 1. The number of benzene rings is 3. The third-order valence-corrected chi connectivity index (χ3v) is 4.38. The minimum absolute atomic E-state index is 0.247. The maximum Gasteiger partial charge on any atom is 0.343 e. The van der Waals surface area contributed by atoms with Crippen molar-refractivity contribution in [1.29, 1.82) is 0 Å². The van der Waals surface area contributed by atoms with Gasteiger partial charge in [-0.1, -0.05) is 0 Å². The summed E-state index contributed by atoms with van der Waals surface area (Å²) in [6.07, 6.45) is 1.41. The fraction of sp³-hybridized carbons (Fsp3) is 0.160. The Balaban J connectivity index is 1.58. The molecule has 0 heterocycles. The quantitative estimate of drug-likeness (QED) is 0.210. The van der Waals surface area contributed by atoms with Crippen LogP contribution in [0.2, 0.25) is 0 Å². The predicted molar refractivity (Wildman–Crippen MR) is 123 cm³/mol. The molecule has 0 saturated carbocycles. The van der Waals surface area contributed by atoms with Gasteiger partial charge in [0.05, 0.1) is 25.5 Å². The molecule has 34 heavy (non-hydrogen) atoms. The molecule has 176 valence electrons. The van der Waals surface area contributed by atoms with Gasteiger partial charge in [-0.05, 0) is 79.2 Å². The Labute approximate surface area is 195 Å². The number of hydrazone groups is 1. The number of nitrogens with one attached hydrogen (secondary N) is 1. The predicted octanol–water partition coefficient (Wildman–Crippen LogP) is 3.98. The Morgan fingerprint density at radius 1 is 0.941 bits per heavy atom. The van der Waals surface area contributed by atoms with Crippen molar-refractivity contribution in [3.05, 3.63) is 83.7 Å². The van der Waals surface area contributed by atoms with Gasteiger partial charge < -0.3 is 18.9 Å². The lowest BCUT2D eigenvalue weighted by Gasteiger charge is -2.11. The van der Waals surface area contributed by atoms with Crippen LogP contribution in [-0.2, 0) is 4.79 Å². The van der Waals surface area contributed by atoms with E-state index in [2.05, 4.69) is 10.5 Å². The summed E-state index contributed by atoms with van der Waals surface area (Å²) in [5, 5.41) is 3.88. The van der Waals surface area contributed by atoms with Crippen molar-refractivity contribution >= 4 is 18.1 Å².